The molecule has 4 bridgehead atoms. The van der Waals surface area contributed by atoms with Crippen molar-refractivity contribution >= 4 is 15.9 Å². The molecule has 1 amide bonds. The monoisotopic (exact) mass is 512 g/mol. The van der Waals surface area contributed by atoms with E-state index in [4.69, 9.17) is 0 Å². The Labute approximate surface area is 217 Å². The van der Waals surface area contributed by atoms with Gasteiger partial charge in [-0.1, -0.05) is 12.8 Å². The van der Waals surface area contributed by atoms with Crippen LogP contribution in [0.3, 0.4) is 0 Å². The number of carbonyl (C=O) groups is 1. The second-order valence-corrected chi connectivity index (χ2v) is 15.1. The van der Waals surface area contributed by atoms with Crippen molar-refractivity contribution in [2.75, 3.05) is 6.54 Å². The van der Waals surface area contributed by atoms with Gasteiger partial charge in [0, 0.05) is 24.2 Å². The van der Waals surface area contributed by atoms with Crippen LogP contribution in [0.4, 0.5) is 0 Å². The first-order valence-electron chi connectivity index (χ1n) is 14.6. The summed E-state index contributed by atoms with van der Waals surface area (Å²) in [5, 5.41) is 3.36. The van der Waals surface area contributed by atoms with Crippen molar-refractivity contribution in [2.24, 2.45) is 29.1 Å². The van der Waals surface area contributed by atoms with E-state index in [0.717, 1.165) is 61.0 Å². The summed E-state index contributed by atoms with van der Waals surface area (Å²) in [7, 11) is -3.65. The van der Waals surface area contributed by atoms with Gasteiger partial charge in [0.2, 0.25) is 10.0 Å². The standard InChI is InChI=1S/C30H44N2O3S/c1-19-11-26(29(33)31-21(3)30-16-22-12-23(17-30)14-24(13-22)18-30)15-28(20(19)2)36(34,35)32-10-6-8-25-7-4-5-9-27(25)32/h11,15,21-25,27H,4-10,12-14,16-18H2,1-3H3,(H,31,33). The summed E-state index contributed by atoms with van der Waals surface area (Å²) >= 11 is 0. The smallest absolute Gasteiger partial charge is 0.251 e. The molecule has 198 valence electrons. The maximum absolute atomic E-state index is 14.0. The predicted molar refractivity (Wildman–Crippen MR) is 142 cm³/mol. The SMILES string of the molecule is Cc1cc(C(=O)NC(C)C23CC4CC(CC(C4)C2)C3)cc(S(=O)(=O)N2CCCC3CCCCC32)c1C. The molecule has 36 heavy (non-hydrogen) atoms. The first-order chi connectivity index (χ1) is 17.2. The number of amides is 1. The zero-order valence-corrected chi connectivity index (χ0v) is 23.2. The predicted octanol–water partition coefficient (Wildman–Crippen LogP) is 5.98. The Hall–Kier alpha value is -1.40. The van der Waals surface area contributed by atoms with E-state index in [9.17, 15) is 13.2 Å². The fraction of sp³-hybridized carbons (Fsp3) is 0.767. The lowest BCUT2D eigenvalue weighted by atomic mass is 9.48. The lowest BCUT2D eigenvalue weighted by molar-refractivity contribution is -0.0688. The van der Waals surface area contributed by atoms with E-state index in [1.54, 1.807) is 10.4 Å². The second kappa shape index (κ2) is 9.11. The number of rotatable bonds is 5. The summed E-state index contributed by atoms with van der Waals surface area (Å²) in [6, 6.07) is 3.79. The molecule has 7 rings (SSSR count). The van der Waals surface area contributed by atoms with Gasteiger partial charge in [0.25, 0.3) is 5.91 Å². The Bertz CT molecular complexity index is 1110. The van der Waals surface area contributed by atoms with E-state index in [0.29, 0.717) is 22.9 Å². The number of hydrogen-bond donors (Lipinski definition) is 1. The maximum atomic E-state index is 14.0. The van der Waals surface area contributed by atoms with Gasteiger partial charge in [-0.15, -0.1) is 0 Å². The third-order valence-electron chi connectivity index (χ3n) is 11.0. The van der Waals surface area contributed by atoms with Crippen molar-refractivity contribution in [3.05, 3.63) is 28.8 Å². The van der Waals surface area contributed by atoms with Crippen LogP contribution < -0.4 is 5.32 Å². The normalized spacial score (nSPS) is 36.9. The molecule has 6 aliphatic rings. The highest BCUT2D eigenvalue weighted by molar-refractivity contribution is 7.89. The molecule has 0 spiro atoms. The molecule has 6 heteroatoms. The molecular weight excluding hydrogens is 468 g/mol. The van der Waals surface area contributed by atoms with Crippen molar-refractivity contribution in [1.29, 1.82) is 0 Å². The summed E-state index contributed by atoms with van der Waals surface area (Å²) in [6.45, 7) is 6.62. The lowest BCUT2D eigenvalue weighted by Gasteiger charge is -2.59. The Morgan fingerprint density at radius 3 is 2.25 bits per heavy atom. The van der Waals surface area contributed by atoms with E-state index in [2.05, 4.69) is 12.2 Å². The zero-order valence-electron chi connectivity index (χ0n) is 22.4. The number of fused-ring (bicyclic) bond motifs is 1. The van der Waals surface area contributed by atoms with Crippen molar-refractivity contribution in [1.82, 2.24) is 9.62 Å². The van der Waals surface area contributed by atoms with Crippen molar-refractivity contribution in [3.63, 3.8) is 0 Å². The van der Waals surface area contributed by atoms with Crippen LogP contribution in [0.1, 0.15) is 105 Å². The molecular formula is C30H44N2O3S. The third-order valence-corrected chi connectivity index (χ3v) is 13.1. The van der Waals surface area contributed by atoms with Gasteiger partial charge in [-0.05, 0) is 137 Å². The molecule has 0 radical (unpaired) electrons. The first-order valence-corrected chi connectivity index (χ1v) is 16.0. The molecule has 1 heterocycles. The van der Waals surface area contributed by atoms with Crippen molar-refractivity contribution < 1.29 is 13.2 Å². The molecule has 6 fully saturated rings. The molecule has 3 atom stereocenters. The minimum absolute atomic E-state index is 0.116. The number of piperidine rings is 1. The van der Waals surface area contributed by atoms with Gasteiger partial charge in [-0.3, -0.25) is 4.79 Å². The maximum Gasteiger partial charge on any atom is 0.251 e. The van der Waals surface area contributed by atoms with Crippen molar-refractivity contribution in [2.45, 2.75) is 115 Å². The minimum atomic E-state index is -3.65. The van der Waals surface area contributed by atoms with Crippen LogP contribution in [0.25, 0.3) is 0 Å². The number of carbonyl (C=O) groups excluding carboxylic acids is 1. The summed E-state index contributed by atoms with van der Waals surface area (Å²) in [5.41, 5.74) is 2.37. The summed E-state index contributed by atoms with van der Waals surface area (Å²) < 4.78 is 29.9. The Morgan fingerprint density at radius 2 is 1.58 bits per heavy atom. The van der Waals surface area contributed by atoms with E-state index in [1.165, 1.54) is 44.9 Å². The van der Waals surface area contributed by atoms with Gasteiger partial charge < -0.3 is 5.32 Å². The Balaban J connectivity index is 1.26. The Morgan fingerprint density at radius 1 is 0.972 bits per heavy atom. The van der Waals surface area contributed by atoms with Gasteiger partial charge in [0.1, 0.15) is 0 Å². The molecule has 0 aromatic heterocycles. The second-order valence-electron chi connectivity index (χ2n) is 13.3. The fourth-order valence-electron chi connectivity index (χ4n) is 9.37. The van der Waals surface area contributed by atoms with Gasteiger partial charge in [-0.2, -0.15) is 4.31 Å². The molecule has 1 aliphatic heterocycles. The molecule has 1 aromatic rings. The van der Waals surface area contributed by atoms with E-state index in [-0.39, 0.29) is 23.4 Å². The number of hydrogen-bond acceptors (Lipinski definition) is 3. The highest BCUT2D eigenvalue weighted by Crippen LogP contribution is 2.61. The third kappa shape index (κ3) is 4.15. The highest BCUT2D eigenvalue weighted by Gasteiger charge is 2.53. The lowest BCUT2D eigenvalue weighted by Crippen LogP contribution is -2.55. The van der Waals surface area contributed by atoms with Gasteiger partial charge in [0.15, 0.2) is 0 Å². The van der Waals surface area contributed by atoms with Crippen molar-refractivity contribution in [3.8, 4) is 0 Å². The molecule has 5 aliphatic carbocycles. The summed E-state index contributed by atoms with van der Waals surface area (Å²) in [5.74, 6) is 2.87. The van der Waals surface area contributed by atoms with E-state index < -0.39 is 10.0 Å². The molecule has 5 nitrogen and oxygen atoms in total. The van der Waals surface area contributed by atoms with Crippen LogP contribution in [-0.2, 0) is 10.0 Å². The number of benzene rings is 1. The van der Waals surface area contributed by atoms with Crippen LogP contribution in [0.2, 0.25) is 0 Å². The molecule has 1 saturated heterocycles. The van der Waals surface area contributed by atoms with Crippen LogP contribution in [-0.4, -0.2) is 37.3 Å². The van der Waals surface area contributed by atoms with Crippen LogP contribution >= 0.6 is 0 Å². The highest BCUT2D eigenvalue weighted by atomic mass is 32.2. The van der Waals surface area contributed by atoms with Gasteiger partial charge in [0.05, 0.1) is 4.90 Å². The molecule has 1 aromatic carbocycles. The zero-order chi connectivity index (χ0) is 25.2. The topological polar surface area (TPSA) is 66.5 Å². The number of sulfonamides is 1. The summed E-state index contributed by atoms with van der Waals surface area (Å²) in [6.07, 6.45) is 14.4. The Kier molecular flexibility index (Phi) is 6.31. The summed E-state index contributed by atoms with van der Waals surface area (Å²) in [4.78, 5) is 13.9. The van der Waals surface area contributed by atoms with Gasteiger partial charge in [-0.25, -0.2) is 8.42 Å². The first kappa shape index (κ1) is 24.9. The van der Waals surface area contributed by atoms with E-state index >= 15 is 0 Å². The fourth-order valence-corrected chi connectivity index (χ4v) is 11.5. The largest absolute Gasteiger partial charge is 0.349 e. The minimum Gasteiger partial charge on any atom is -0.349 e. The van der Waals surface area contributed by atoms with E-state index in [1.807, 2.05) is 19.9 Å². The van der Waals surface area contributed by atoms with Crippen LogP contribution in [0, 0.1) is 42.9 Å². The van der Waals surface area contributed by atoms with Gasteiger partial charge >= 0.3 is 0 Å². The van der Waals surface area contributed by atoms with Crippen LogP contribution in [0.5, 0.6) is 0 Å². The molecule has 1 N–H and O–H groups in total. The molecule has 3 unspecified atom stereocenters. The average Bonchev–Trinajstić information content (AvgIpc) is 2.84. The average molecular weight is 513 g/mol. The molecule has 5 saturated carbocycles. The number of aryl methyl sites for hydroxylation is 1. The quantitative estimate of drug-likeness (QED) is 0.528. The number of nitrogens with zero attached hydrogens (tertiary/aromatic N) is 1. The van der Waals surface area contributed by atoms with Crippen LogP contribution in [0.15, 0.2) is 17.0 Å². The number of nitrogens with one attached hydrogen (secondary N) is 1.